The van der Waals surface area contributed by atoms with Crippen molar-refractivity contribution in [1.82, 2.24) is 15.3 Å². The Hall–Kier alpha value is -0.870. The Morgan fingerprint density at radius 1 is 1.43 bits per heavy atom. The predicted molar refractivity (Wildman–Crippen MR) is 58.7 cm³/mol. The second-order valence-corrected chi connectivity index (χ2v) is 3.31. The van der Waals surface area contributed by atoms with Crippen LogP contribution in [0.4, 0.5) is 5.95 Å². The van der Waals surface area contributed by atoms with Gasteiger partial charge in [-0.05, 0) is 31.5 Å². The lowest BCUT2D eigenvalue weighted by molar-refractivity contribution is 0.613. The summed E-state index contributed by atoms with van der Waals surface area (Å²) in [5.41, 5.74) is 0. The first-order valence-electron chi connectivity index (χ1n) is 4.67. The summed E-state index contributed by atoms with van der Waals surface area (Å²) in [6, 6.07) is 1.82. The summed E-state index contributed by atoms with van der Waals surface area (Å²) in [6.07, 6.45) is 4.75. The van der Waals surface area contributed by atoms with Gasteiger partial charge in [-0.15, -0.1) is 12.4 Å². The highest BCUT2D eigenvalue weighted by molar-refractivity contribution is 5.85. The second-order valence-electron chi connectivity index (χ2n) is 3.31. The van der Waals surface area contributed by atoms with Crippen LogP contribution in [-0.4, -0.2) is 29.6 Å². The van der Waals surface area contributed by atoms with Crippen LogP contribution in [0.5, 0.6) is 0 Å². The largest absolute Gasteiger partial charge is 0.354 e. The Labute approximate surface area is 89.9 Å². The van der Waals surface area contributed by atoms with Crippen molar-refractivity contribution in [2.24, 2.45) is 5.92 Å². The van der Waals surface area contributed by atoms with Gasteiger partial charge in [0.1, 0.15) is 0 Å². The third-order valence-corrected chi connectivity index (χ3v) is 2.28. The number of rotatable bonds is 3. The molecule has 4 nitrogen and oxygen atoms in total. The molecule has 1 atom stereocenters. The lowest BCUT2D eigenvalue weighted by atomic mass is 10.1. The zero-order valence-electron chi connectivity index (χ0n) is 7.94. The van der Waals surface area contributed by atoms with Crippen LogP contribution >= 0.6 is 12.4 Å². The van der Waals surface area contributed by atoms with E-state index in [-0.39, 0.29) is 12.4 Å². The van der Waals surface area contributed by atoms with Gasteiger partial charge < -0.3 is 10.6 Å². The molecule has 1 aromatic rings. The van der Waals surface area contributed by atoms with Gasteiger partial charge in [0.2, 0.25) is 5.95 Å². The third kappa shape index (κ3) is 3.12. The van der Waals surface area contributed by atoms with Crippen molar-refractivity contribution in [2.75, 3.05) is 25.0 Å². The maximum Gasteiger partial charge on any atom is 0.222 e. The Kier molecular flexibility index (Phi) is 4.62. The number of halogens is 1. The van der Waals surface area contributed by atoms with E-state index < -0.39 is 0 Å². The van der Waals surface area contributed by atoms with E-state index in [2.05, 4.69) is 20.6 Å². The third-order valence-electron chi connectivity index (χ3n) is 2.28. The highest BCUT2D eigenvalue weighted by atomic mass is 35.5. The zero-order chi connectivity index (χ0) is 8.93. The van der Waals surface area contributed by atoms with Gasteiger partial charge in [0.05, 0.1) is 0 Å². The number of anilines is 1. The van der Waals surface area contributed by atoms with Crippen molar-refractivity contribution < 1.29 is 0 Å². The molecule has 2 N–H and O–H groups in total. The molecule has 0 aromatic carbocycles. The molecule has 2 heterocycles. The molecule has 1 unspecified atom stereocenters. The van der Waals surface area contributed by atoms with Crippen LogP contribution < -0.4 is 10.6 Å². The molecule has 0 radical (unpaired) electrons. The molecule has 14 heavy (non-hydrogen) atoms. The van der Waals surface area contributed by atoms with Gasteiger partial charge in [0.15, 0.2) is 0 Å². The van der Waals surface area contributed by atoms with E-state index in [0.717, 1.165) is 31.5 Å². The van der Waals surface area contributed by atoms with Crippen LogP contribution in [0.15, 0.2) is 18.5 Å². The van der Waals surface area contributed by atoms with E-state index in [9.17, 15) is 0 Å². The first kappa shape index (κ1) is 11.2. The minimum absolute atomic E-state index is 0. The van der Waals surface area contributed by atoms with E-state index in [1.54, 1.807) is 12.4 Å². The van der Waals surface area contributed by atoms with Crippen molar-refractivity contribution in [3.05, 3.63) is 18.5 Å². The molecule has 0 bridgehead atoms. The highest BCUT2D eigenvalue weighted by Crippen LogP contribution is 2.07. The van der Waals surface area contributed by atoms with Gasteiger partial charge in [-0.1, -0.05) is 0 Å². The lowest BCUT2D eigenvalue weighted by Crippen LogP contribution is -2.18. The van der Waals surface area contributed by atoms with Crippen LogP contribution in [0.2, 0.25) is 0 Å². The Balaban J connectivity index is 0.000000980. The molecule has 1 aromatic heterocycles. The Bertz CT molecular complexity index is 248. The van der Waals surface area contributed by atoms with Gasteiger partial charge in [0.25, 0.3) is 0 Å². The quantitative estimate of drug-likeness (QED) is 0.786. The minimum Gasteiger partial charge on any atom is -0.354 e. The molecular formula is C9H15ClN4. The van der Waals surface area contributed by atoms with Crippen LogP contribution in [0.3, 0.4) is 0 Å². The van der Waals surface area contributed by atoms with E-state index in [1.165, 1.54) is 6.42 Å². The van der Waals surface area contributed by atoms with Crippen LogP contribution in [-0.2, 0) is 0 Å². The number of nitrogens with zero attached hydrogens (tertiary/aromatic N) is 2. The van der Waals surface area contributed by atoms with E-state index in [4.69, 9.17) is 0 Å². The fraction of sp³-hybridized carbons (Fsp3) is 0.556. The fourth-order valence-electron chi connectivity index (χ4n) is 1.51. The molecule has 1 aliphatic heterocycles. The first-order valence-corrected chi connectivity index (χ1v) is 4.67. The van der Waals surface area contributed by atoms with Crippen LogP contribution in [0.1, 0.15) is 6.42 Å². The highest BCUT2D eigenvalue weighted by Gasteiger charge is 2.13. The number of hydrogen-bond acceptors (Lipinski definition) is 4. The first-order chi connectivity index (χ1) is 6.45. The molecule has 2 rings (SSSR count). The molecule has 1 fully saturated rings. The van der Waals surface area contributed by atoms with Gasteiger partial charge >= 0.3 is 0 Å². The summed E-state index contributed by atoms with van der Waals surface area (Å²) in [6.45, 7) is 3.22. The maximum absolute atomic E-state index is 4.10. The average molecular weight is 215 g/mol. The zero-order valence-corrected chi connectivity index (χ0v) is 8.76. The van der Waals surface area contributed by atoms with Crippen molar-refractivity contribution >= 4 is 18.4 Å². The molecule has 0 aliphatic carbocycles. The van der Waals surface area contributed by atoms with Crippen LogP contribution in [0, 0.1) is 5.92 Å². The Morgan fingerprint density at radius 3 is 2.86 bits per heavy atom. The van der Waals surface area contributed by atoms with Gasteiger partial charge in [0, 0.05) is 18.9 Å². The molecule has 0 spiro atoms. The van der Waals surface area contributed by atoms with E-state index in [0.29, 0.717) is 0 Å². The van der Waals surface area contributed by atoms with E-state index in [1.807, 2.05) is 6.07 Å². The Morgan fingerprint density at radius 2 is 2.21 bits per heavy atom. The molecule has 5 heteroatoms. The normalized spacial score (nSPS) is 20.1. The maximum atomic E-state index is 4.10. The van der Waals surface area contributed by atoms with Crippen molar-refractivity contribution in [2.45, 2.75) is 6.42 Å². The van der Waals surface area contributed by atoms with Crippen molar-refractivity contribution in [3.63, 3.8) is 0 Å². The van der Waals surface area contributed by atoms with Crippen molar-refractivity contribution in [3.8, 4) is 0 Å². The summed E-state index contributed by atoms with van der Waals surface area (Å²) >= 11 is 0. The summed E-state index contributed by atoms with van der Waals surface area (Å²) < 4.78 is 0. The predicted octanol–water partition coefficient (Wildman–Crippen LogP) is 0.920. The summed E-state index contributed by atoms with van der Waals surface area (Å²) in [4.78, 5) is 8.19. The molecular weight excluding hydrogens is 200 g/mol. The van der Waals surface area contributed by atoms with E-state index >= 15 is 0 Å². The smallest absolute Gasteiger partial charge is 0.222 e. The SMILES string of the molecule is Cl.c1cnc(NCC2CCNC2)nc1. The number of hydrogen-bond donors (Lipinski definition) is 2. The van der Waals surface area contributed by atoms with Gasteiger partial charge in [-0.2, -0.15) is 0 Å². The standard InChI is InChI=1S/C9H14N4.ClH/c1-3-11-9(12-4-1)13-7-8-2-5-10-6-8;/h1,3-4,8,10H,2,5-7H2,(H,11,12,13);1H. The fourth-order valence-corrected chi connectivity index (χ4v) is 1.51. The van der Waals surface area contributed by atoms with Gasteiger partial charge in [-0.3, -0.25) is 0 Å². The van der Waals surface area contributed by atoms with Crippen molar-refractivity contribution in [1.29, 1.82) is 0 Å². The lowest BCUT2D eigenvalue weighted by Gasteiger charge is -2.08. The second kappa shape index (κ2) is 5.78. The van der Waals surface area contributed by atoms with Crippen LogP contribution in [0.25, 0.3) is 0 Å². The summed E-state index contributed by atoms with van der Waals surface area (Å²) in [5.74, 6) is 1.46. The molecule has 0 amide bonds. The summed E-state index contributed by atoms with van der Waals surface area (Å²) in [5, 5.41) is 6.55. The average Bonchev–Trinajstić information content (AvgIpc) is 2.69. The molecule has 78 valence electrons. The molecule has 0 saturated carbocycles. The number of nitrogens with one attached hydrogen (secondary N) is 2. The molecule has 1 aliphatic rings. The topological polar surface area (TPSA) is 49.8 Å². The minimum atomic E-state index is 0. The molecule has 1 saturated heterocycles. The van der Waals surface area contributed by atoms with Gasteiger partial charge in [-0.25, -0.2) is 9.97 Å². The number of aromatic nitrogens is 2. The monoisotopic (exact) mass is 214 g/mol. The summed E-state index contributed by atoms with van der Waals surface area (Å²) in [7, 11) is 0.